The predicted octanol–water partition coefficient (Wildman–Crippen LogP) is 6.53. The first-order chi connectivity index (χ1) is 13.5. The molecule has 0 bridgehead atoms. The summed E-state index contributed by atoms with van der Waals surface area (Å²) >= 11 is 13.8. The lowest BCUT2D eigenvalue weighted by molar-refractivity contribution is 0.102. The van der Waals surface area contributed by atoms with Gasteiger partial charge in [-0.3, -0.25) is 4.79 Å². The molecule has 140 valence electrons. The number of thiazole rings is 1. The molecule has 0 fully saturated rings. The van der Waals surface area contributed by atoms with Crippen molar-refractivity contribution in [3.8, 4) is 16.3 Å². The van der Waals surface area contributed by atoms with Crippen LogP contribution in [0.3, 0.4) is 0 Å². The molecule has 1 amide bonds. The number of benzene rings is 3. The van der Waals surface area contributed by atoms with Crippen molar-refractivity contribution in [2.24, 2.45) is 0 Å². The van der Waals surface area contributed by atoms with E-state index in [2.05, 4.69) is 10.3 Å². The Bertz CT molecular complexity index is 1160. The van der Waals surface area contributed by atoms with Crippen LogP contribution in [-0.4, -0.2) is 18.0 Å². The predicted molar refractivity (Wildman–Crippen MR) is 116 cm³/mol. The molecule has 0 aliphatic rings. The molecule has 0 spiro atoms. The molecule has 4 aromatic rings. The Labute approximate surface area is 175 Å². The molecule has 1 aromatic heterocycles. The van der Waals surface area contributed by atoms with E-state index in [4.69, 9.17) is 27.9 Å². The monoisotopic (exact) mass is 428 g/mol. The van der Waals surface area contributed by atoms with Gasteiger partial charge in [-0.2, -0.15) is 0 Å². The van der Waals surface area contributed by atoms with Crippen LogP contribution in [0, 0.1) is 0 Å². The van der Waals surface area contributed by atoms with E-state index in [9.17, 15) is 4.79 Å². The van der Waals surface area contributed by atoms with Gasteiger partial charge >= 0.3 is 0 Å². The van der Waals surface area contributed by atoms with Gasteiger partial charge in [0, 0.05) is 16.3 Å². The number of anilines is 1. The van der Waals surface area contributed by atoms with Gasteiger partial charge in [0.05, 0.1) is 27.9 Å². The molecule has 0 saturated heterocycles. The molecule has 3 aromatic carbocycles. The van der Waals surface area contributed by atoms with Crippen LogP contribution in [0.25, 0.3) is 20.8 Å². The minimum absolute atomic E-state index is 0.269. The quantitative estimate of drug-likeness (QED) is 0.401. The molecule has 1 N–H and O–H groups in total. The highest BCUT2D eigenvalue weighted by Gasteiger charge is 2.17. The minimum atomic E-state index is -0.359. The van der Waals surface area contributed by atoms with Crippen LogP contribution < -0.4 is 10.1 Å². The lowest BCUT2D eigenvalue weighted by atomic mass is 10.1. The number of carbonyl (C=O) groups excluding carboxylic acids is 1. The smallest absolute Gasteiger partial charge is 0.259 e. The zero-order valence-electron chi connectivity index (χ0n) is 14.7. The van der Waals surface area contributed by atoms with Crippen LogP contribution in [0.1, 0.15) is 10.4 Å². The van der Waals surface area contributed by atoms with Crippen LogP contribution in [0.5, 0.6) is 5.75 Å². The fraction of sp³-hybridized carbons (Fsp3) is 0.0476. The van der Waals surface area contributed by atoms with E-state index in [1.165, 1.54) is 19.2 Å². The fourth-order valence-corrected chi connectivity index (χ4v) is 4.39. The molecule has 7 heteroatoms. The number of halogens is 2. The second-order valence-corrected chi connectivity index (χ2v) is 7.86. The summed E-state index contributed by atoms with van der Waals surface area (Å²) in [4.78, 5) is 17.4. The van der Waals surface area contributed by atoms with Crippen molar-refractivity contribution in [3.05, 3.63) is 76.3 Å². The van der Waals surface area contributed by atoms with Crippen LogP contribution in [0.2, 0.25) is 10.0 Å². The van der Waals surface area contributed by atoms with Gasteiger partial charge in [0.15, 0.2) is 0 Å². The van der Waals surface area contributed by atoms with E-state index < -0.39 is 0 Å². The molecule has 28 heavy (non-hydrogen) atoms. The number of para-hydroxylation sites is 1. The highest BCUT2D eigenvalue weighted by atomic mass is 35.5. The first-order valence-corrected chi connectivity index (χ1v) is 9.93. The Hall–Kier alpha value is -2.60. The zero-order chi connectivity index (χ0) is 19.7. The van der Waals surface area contributed by atoms with E-state index in [0.717, 1.165) is 20.8 Å². The highest BCUT2D eigenvalue weighted by molar-refractivity contribution is 7.21. The lowest BCUT2D eigenvalue weighted by Crippen LogP contribution is -2.13. The van der Waals surface area contributed by atoms with E-state index in [1.807, 2.05) is 48.5 Å². The van der Waals surface area contributed by atoms with Gasteiger partial charge in [0.2, 0.25) is 0 Å². The molecule has 0 unspecified atom stereocenters. The number of ether oxygens (including phenoxy) is 1. The summed E-state index contributed by atoms with van der Waals surface area (Å²) in [5.74, 6) is -0.0754. The van der Waals surface area contributed by atoms with Crippen molar-refractivity contribution in [1.29, 1.82) is 0 Å². The maximum absolute atomic E-state index is 12.8. The SMILES string of the molecule is COc1c(Cl)cc(Cl)cc1C(=O)Nc1cccc(-c2nc3ccccc3s2)c1. The number of carbonyl (C=O) groups is 1. The summed E-state index contributed by atoms with van der Waals surface area (Å²) in [6, 6.07) is 18.6. The van der Waals surface area contributed by atoms with Crippen LogP contribution >= 0.6 is 34.5 Å². The topological polar surface area (TPSA) is 51.2 Å². The molecule has 1 heterocycles. The summed E-state index contributed by atoms with van der Waals surface area (Å²) in [7, 11) is 1.46. The number of nitrogens with zero attached hydrogens (tertiary/aromatic N) is 1. The first-order valence-electron chi connectivity index (χ1n) is 8.35. The Morgan fingerprint density at radius 2 is 1.89 bits per heavy atom. The van der Waals surface area contributed by atoms with E-state index >= 15 is 0 Å². The van der Waals surface area contributed by atoms with Crippen molar-refractivity contribution in [2.45, 2.75) is 0 Å². The molecular weight excluding hydrogens is 415 g/mol. The van der Waals surface area contributed by atoms with Crippen molar-refractivity contribution in [1.82, 2.24) is 4.98 Å². The third kappa shape index (κ3) is 3.69. The Kier molecular flexibility index (Phi) is 5.22. The normalized spacial score (nSPS) is 10.8. The molecule has 4 rings (SSSR count). The average molecular weight is 429 g/mol. The zero-order valence-corrected chi connectivity index (χ0v) is 17.0. The van der Waals surface area contributed by atoms with Crippen molar-refractivity contribution < 1.29 is 9.53 Å². The van der Waals surface area contributed by atoms with Gasteiger partial charge in [0.1, 0.15) is 10.8 Å². The van der Waals surface area contributed by atoms with Crippen LogP contribution in [0.15, 0.2) is 60.7 Å². The standard InChI is InChI=1S/C21H14Cl2N2O2S/c1-27-19-15(10-13(22)11-16(19)23)20(26)24-14-6-4-5-12(9-14)21-25-17-7-2-3-8-18(17)28-21/h2-11H,1H3,(H,24,26). The summed E-state index contributed by atoms with van der Waals surface area (Å²) in [5, 5.41) is 4.40. The van der Waals surface area contributed by atoms with Crippen molar-refractivity contribution in [3.63, 3.8) is 0 Å². The van der Waals surface area contributed by atoms with Gasteiger partial charge in [-0.1, -0.05) is 47.5 Å². The minimum Gasteiger partial charge on any atom is -0.494 e. The summed E-state index contributed by atoms with van der Waals surface area (Å²) < 4.78 is 6.37. The van der Waals surface area contributed by atoms with Crippen molar-refractivity contribution in [2.75, 3.05) is 12.4 Å². The number of hydrogen-bond acceptors (Lipinski definition) is 4. The molecule has 0 aliphatic carbocycles. The Morgan fingerprint density at radius 1 is 1.07 bits per heavy atom. The Morgan fingerprint density at radius 3 is 2.68 bits per heavy atom. The number of methoxy groups -OCH3 is 1. The second kappa shape index (κ2) is 7.80. The third-order valence-electron chi connectivity index (χ3n) is 4.12. The van der Waals surface area contributed by atoms with Gasteiger partial charge < -0.3 is 10.1 Å². The number of amides is 1. The second-order valence-electron chi connectivity index (χ2n) is 5.99. The molecule has 0 atom stereocenters. The van der Waals surface area contributed by atoms with Gasteiger partial charge in [-0.15, -0.1) is 11.3 Å². The van der Waals surface area contributed by atoms with E-state index in [-0.39, 0.29) is 22.2 Å². The first kappa shape index (κ1) is 18.7. The molecule has 0 saturated carbocycles. The molecule has 0 aliphatic heterocycles. The maximum atomic E-state index is 12.8. The van der Waals surface area contributed by atoms with E-state index in [1.54, 1.807) is 11.3 Å². The van der Waals surface area contributed by atoms with E-state index in [0.29, 0.717) is 10.7 Å². The molecular formula is C21H14Cl2N2O2S. The van der Waals surface area contributed by atoms with Crippen LogP contribution in [-0.2, 0) is 0 Å². The number of nitrogens with one attached hydrogen (secondary N) is 1. The highest BCUT2D eigenvalue weighted by Crippen LogP contribution is 2.34. The fourth-order valence-electron chi connectivity index (χ4n) is 2.86. The number of rotatable bonds is 4. The third-order valence-corrected chi connectivity index (χ3v) is 5.70. The maximum Gasteiger partial charge on any atom is 0.259 e. The molecule has 4 nitrogen and oxygen atoms in total. The number of hydrogen-bond donors (Lipinski definition) is 1. The average Bonchev–Trinajstić information content (AvgIpc) is 3.12. The largest absolute Gasteiger partial charge is 0.494 e. The summed E-state index contributed by atoms with van der Waals surface area (Å²) in [6.45, 7) is 0. The summed E-state index contributed by atoms with van der Waals surface area (Å²) in [6.07, 6.45) is 0. The van der Waals surface area contributed by atoms with Crippen LogP contribution in [0.4, 0.5) is 5.69 Å². The summed E-state index contributed by atoms with van der Waals surface area (Å²) in [5.41, 5.74) is 2.79. The number of fused-ring (bicyclic) bond motifs is 1. The van der Waals surface area contributed by atoms with Crippen molar-refractivity contribution >= 4 is 56.3 Å². The van der Waals surface area contributed by atoms with Gasteiger partial charge in [-0.25, -0.2) is 4.98 Å². The van der Waals surface area contributed by atoms with Gasteiger partial charge in [0.25, 0.3) is 5.91 Å². The molecule has 0 radical (unpaired) electrons. The number of aromatic nitrogens is 1. The lowest BCUT2D eigenvalue weighted by Gasteiger charge is -2.12. The Balaban J connectivity index is 1.64. The van der Waals surface area contributed by atoms with Gasteiger partial charge in [-0.05, 0) is 36.4 Å².